The predicted molar refractivity (Wildman–Crippen MR) is 161 cm³/mol. The van der Waals surface area contributed by atoms with Crippen LogP contribution in [0.1, 0.15) is 54.2 Å². The Bertz CT molecular complexity index is 1230. The number of nitrogens with zero attached hydrogens (tertiary/aromatic N) is 3. The summed E-state index contributed by atoms with van der Waals surface area (Å²) >= 11 is 2.74. The molecule has 0 saturated carbocycles. The lowest BCUT2D eigenvalue weighted by Gasteiger charge is -2.27. The van der Waals surface area contributed by atoms with E-state index in [0.29, 0.717) is 17.0 Å². The van der Waals surface area contributed by atoms with Crippen molar-refractivity contribution in [3.05, 3.63) is 24.2 Å². The summed E-state index contributed by atoms with van der Waals surface area (Å²) in [4.78, 5) is 16.2. The molecule has 0 aromatic carbocycles. The van der Waals surface area contributed by atoms with E-state index in [9.17, 15) is 19.6 Å². The number of ether oxygens (including phenoxy) is 1. The summed E-state index contributed by atoms with van der Waals surface area (Å²) < 4.78 is 37.9. The molecule has 1 aliphatic heterocycles. The monoisotopic (exact) mass is 634 g/mol. The third kappa shape index (κ3) is 8.90. The van der Waals surface area contributed by atoms with E-state index in [1.165, 1.54) is 10.8 Å². The van der Waals surface area contributed by atoms with Gasteiger partial charge in [0.25, 0.3) is 0 Å². The van der Waals surface area contributed by atoms with Crippen LogP contribution in [0, 0.1) is 10.8 Å². The molecular weight excluding hydrogens is 591 g/mol. The van der Waals surface area contributed by atoms with Gasteiger partial charge in [-0.3, -0.25) is 18.4 Å². The number of carbonyl (C=O) groups excluding carboxylic acids is 1. The van der Waals surface area contributed by atoms with Gasteiger partial charge in [-0.05, 0) is 30.2 Å². The third-order valence-electron chi connectivity index (χ3n) is 6.24. The molecule has 3 heterocycles. The second-order valence-electron chi connectivity index (χ2n) is 12.3. The molecule has 0 spiro atoms. The maximum absolute atomic E-state index is 13.6. The molecule has 1 fully saturated rings. The third-order valence-corrected chi connectivity index (χ3v) is 10.5. The van der Waals surface area contributed by atoms with Crippen LogP contribution in [0.25, 0.3) is 5.52 Å². The maximum Gasteiger partial charge on any atom is 0.474 e. The number of aliphatic hydroxyl groups is 2. The normalized spacial score (nSPS) is 25.0. The zero-order valence-electron chi connectivity index (χ0n) is 24.7. The molecule has 0 bridgehead atoms. The number of carbonyl (C=O) groups is 1. The predicted octanol–water partition coefficient (Wildman–Crippen LogP) is 3.89. The van der Waals surface area contributed by atoms with Crippen LogP contribution in [0.4, 0.5) is 5.82 Å². The average molecular weight is 635 g/mol. The number of phosphoric acid groups is 1. The van der Waals surface area contributed by atoms with Crippen LogP contribution < -0.4 is 5.73 Å². The molecule has 3 rings (SSSR count). The summed E-state index contributed by atoms with van der Waals surface area (Å²) in [6.45, 7) is 13.1. The van der Waals surface area contributed by atoms with E-state index in [1.54, 1.807) is 30.8 Å². The first-order chi connectivity index (χ1) is 19.0. The van der Waals surface area contributed by atoms with Gasteiger partial charge >= 0.3 is 7.82 Å². The van der Waals surface area contributed by atoms with E-state index in [-0.39, 0.29) is 41.9 Å². The number of nitrogens with two attached hydrogens (primary N) is 1. The van der Waals surface area contributed by atoms with Crippen molar-refractivity contribution in [1.82, 2.24) is 14.6 Å². The number of fused-ring (bicyclic) bond motifs is 1. The Hall–Kier alpha value is -1.22. The van der Waals surface area contributed by atoms with Crippen LogP contribution in [0.5, 0.6) is 0 Å². The minimum atomic E-state index is -4.10. The van der Waals surface area contributed by atoms with Crippen molar-refractivity contribution in [3.8, 4) is 0 Å². The van der Waals surface area contributed by atoms with Gasteiger partial charge < -0.3 is 20.7 Å². The van der Waals surface area contributed by atoms with Crippen molar-refractivity contribution in [1.29, 1.82) is 0 Å². The highest BCUT2D eigenvalue weighted by molar-refractivity contribution is 8.13. The molecule has 1 saturated heterocycles. The lowest BCUT2D eigenvalue weighted by Crippen LogP contribution is -2.39. The molecule has 4 N–H and O–H groups in total. The lowest BCUT2D eigenvalue weighted by molar-refractivity contribution is -0.117. The Balaban J connectivity index is 1.67. The van der Waals surface area contributed by atoms with Crippen molar-refractivity contribution in [2.75, 3.05) is 42.8 Å². The summed E-state index contributed by atoms with van der Waals surface area (Å²) in [6, 6.07) is 3.38. The van der Waals surface area contributed by atoms with Crippen molar-refractivity contribution in [3.63, 3.8) is 0 Å². The van der Waals surface area contributed by atoms with Gasteiger partial charge in [-0.2, -0.15) is 16.9 Å². The first kappa shape index (κ1) is 34.3. The summed E-state index contributed by atoms with van der Waals surface area (Å²) in [6.07, 6.45) is -2.51. The molecule has 15 heteroatoms. The Morgan fingerprint density at radius 3 is 2.44 bits per heavy atom. The van der Waals surface area contributed by atoms with Crippen LogP contribution in [0.2, 0.25) is 0 Å². The molecule has 2 aromatic heterocycles. The fraction of sp³-hybridized carbons (Fsp3) is 0.731. The number of rotatable bonds is 13. The number of phosphoric ester groups is 1. The van der Waals surface area contributed by atoms with Gasteiger partial charge in [0.1, 0.15) is 35.8 Å². The van der Waals surface area contributed by atoms with Crippen LogP contribution in [0.3, 0.4) is 0 Å². The van der Waals surface area contributed by atoms with E-state index < -0.39 is 37.2 Å². The zero-order valence-corrected chi connectivity index (χ0v) is 27.3. The molecular formula is C26H43N4O8PS2. The second kappa shape index (κ2) is 13.6. The van der Waals surface area contributed by atoms with Gasteiger partial charge in [0.2, 0.25) is 0 Å². The van der Waals surface area contributed by atoms with Crippen LogP contribution in [0.15, 0.2) is 18.5 Å². The molecule has 1 unspecified atom stereocenters. The van der Waals surface area contributed by atoms with Crippen molar-refractivity contribution in [2.24, 2.45) is 10.8 Å². The van der Waals surface area contributed by atoms with Crippen LogP contribution >= 0.6 is 31.3 Å². The van der Waals surface area contributed by atoms with Gasteiger partial charge in [0.15, 0.2) is 10.9 Å². The molecule has 1 aliphatic rings. The number of hydrogen-bond donors (Lipinski definition) is 3. The van der Waals surface area contributed by atoms with E-state index in [0.717, 1.165) is 17.5 Å². The molecule has 12 nitrogen and oxygen atoms in total. The number of aliphatic hydroxyl groups excluding tert-OH is 2. The quantitative estimate of drug-likeness (QED) is 0.215. The molecule has 2 aromatic rings. The smallest absolute Gasteiger partial charge is 0.387 e. The number of hydrogen-bond acceptors (Lipinski definition) is 13. The number of nitrogen functional groups attached to an aromatic ring is 1. The van der Waals surface area contributed by atoms with Crippen molar-refractivity contribution >= 4 is 47.8 Å². The highest BCUT2D eigenvalue weighted by Crippen LogP contribution is 2.51. The molecule has 232 valence electrons. The lowest BCUT2D eigenvalue weighted by atomic mass is 9.93. The van der Waals surface area contributed by atoms with E-state index in [2.05, 4.69) is 30.9 Å². The summed E-state index contributed by atoms with van der Waals surface area (Å²) in [7, 11) is -4.10. The largest absolute Gasteiger partial charge is 0.474 e. The summed E-state index contributed by atoms with van der Waals surface area (Å²) in [5, 5.41) is 26.0. The van der Waals surface area contributed by atoms with Gasteiger partial charge in [0.05, 0.1) is 25.5 Å². The number of aromatic nitrogens is 3. The Kier molecular flexibility index (Phi) is 11.4. The zero-order chi connectivity index (χ0) is 30.6. The molecule has 41 heavy (non-hydrogen) atoms. The molecule has 0 radical (unpaired) electrons. The Labute approximate surface area is 250 Å². The minimum Gasteiger partial charge on any atom is -0.387 e. The van der Waals surface area contributed by atoms with Crippen LogP contribution in [-0.2, 0) is 33.3 Å². The van der Waals surface area contributed by atoms with Crippen molar-refractivity contribution in [2.45, 2.75) is 72.4 Å². The van der Waals surface area contributed by atoms with Crippen molar-refractivity contribution < 1.29 is 37.9 Å². The first-order valence-electron chi connectivity index (χ1n) is 13.4. The highest BCUT2D eigenvalue weighted by atomic mass is 32.2. The fourth-order valence-corrected chi connectivity index (χ4v) is 7.19. The van der Waals surface area contributed by atoms with Gasteiger partial charge in [0, 0.05) is 16.9 Å². The molecule has 5 atom stereocenters. The van der Waals surface area contributed by atoms with E-state index in [4.69, 9.17) is 24.0 Å². The summed E-state index contributed by atoms with van der Waals surface area (Å²) in [5.74, 6) is 1.96. The highest BCUT2D eigenvalue weighted by Gasteiger charge is 2.54. The fourth-order valence-electron chi connectivity index (χ4n) is 4.02. The second-order valence-corrected chi connectivity index (χ2v) is 16.1. The van der Waals surface area contributed by atoms with E-state index in [1.807, 2.05) is 20.8 Å². The number of thioether (sulfide) groups is 2. The maximum atomic E-state index is 13.6. The standard InChI is InChI=1S/C26H43N4O8PS2/c1-24(2,3)15-40-12-10-35-39(34,36-11-13-41-23(33)25(4,5)6)37-14-18-20(31)21(32)26(7,38-18)19-9-8-17-22(27)28-16-29-30(17)19/h8-9,16,18,20-21,31-32H,10-15H2,1-7H3,(H2,27,28,29)/t18-,20-,21-,26+,39?/m1/s1. The SMILES string of the molecule is CC(C)(C)CSCCOP(=O)(OCCSC(=O)C(C)(C)C)OC[C@H]1O[C@@](C)(c2ccc3c(N)ncnn23)[C@H](O)[C@@H]1O. The van der Waals surface area contributed by atoms with Gasteiger partial charge in [-0.1, -0.05) is 53.3 Å². The first-order valence-corrected chi connectivity index (χ1v) is 17.0. The Morgan fingerprint density at radius 2 is 1.80 bits per heavy atom. The van der Waals surface area contributed by atoms with Gasteiger partial charge in [-0.15, -0.1) is 0 Å². The minimum absolute atomic E-state index is 0.0166. The Morgan fingerprint density at radius 1 is 1.15 bits per heavy atom. The summed E-state index contributed by atoms with van der Waals surface area (Å²) in [5.41, 5.74) is 5.13. The van der Waals surface area contributed by atoms with Gasteiger partial charge in [-0.25, -0.2) is 14.1 Å². The number of anilines is 1. The van der Waals surface area contributed by atoms with Crippen LogP contribution in [-0.4, -0.2) is 85.3 Å². The topological polar surface area (TPSA) is 168 Å². The van der Waals surface area contributed by atoms with E-state index >= 15 is 0 Å². The molecule has 0 amide bonds. The average Bonchev–Trinajstić information content (AvgIpc) is 3.41. The molecule has 0 aliphatic carbocycles.